The van der Waals surface area contributed by atoms with Crippen LogP contribution in [0.2, 0.25) is 0 Å². The van der Waals surface area contributed by atoms with E-state index in [2.05, 4.69) is 21.5 Å². The summed E-state index contributed by atoms with van der Waals surface area (Å²) in [5.74, 6) is -1.73. The van der Waals surface area contributed by atoms with Gasteiger partial charge in [-0.2, -0.15) is 0 Å². The van der Waals surface area contributed by atoms with E-state index in [1.165, 1.54) is 0 Å². The Bertz CT molecular complexity index is 782. The molecule has 0 spiro atoms. The number of hydrogen-bond donors (Lipinski definition) is 4. The largest absolute Gasteiger partial charge is 0.466 e. The highest BCUT2D eigenvalue weighted by atomic mass is 32.1. The van der Waals surface area contributed by atoms with Crippen LogP contribution in [0.5, 0.6) is 0 Å². The fraction of sp³-hybridized carbons (Fsp3) is 0.421. The molecule has 0 aliphatic rings. The van der Waals surface area contributed by atoms with E-state index in [9.17, 15) is 19.2 Å². The molecule has 0 radical (unpaired) electrons. The van der Waals surface area contributed by atoms with Crippen LogP contribution in [0, 0.1) is 13.8 Å². The van der Waals surface area contributed by atoms with Crippen molar-refractivity contribution in [1.29, 1.82) is 0 Å². The first kappa shape index (κ1) is 24.0. The number of amides is 3. The molecule has 10 heteroatoms. The average Bonchev–Trinajstić information content (AvgIpc) is 2.66. The summed E-state index contributed by atoms with van der Waals surface area (Å²) in [6.07, 6.45) is -0.236. The normalized spacial score (nSPS) is 9.90. The van der Waals surface area contributed by atoms with Gasteiger partial charge in [0.15, 0.2) is 5.11 Å². The Morgan fingerprint density at radius 1 is 0.897 bits per heavy atom. The third-order valence-electron chi connectivity index (χ3n) is 3.80. The van der Waals surface area contributed by atoms with Crippen molar-refractivity contribution in [3.8, 4) is 0 Å². The second-order valence-corrected chi connectivity index (χ2v) is 6.61. The summed E-state index contributed by atoms with van der Waals surface area (Å²) in [4.78, 5) is 46.5. The molecule has 29 heavy (non-hydrogen) atoms. The van der Waals surface area contributed by atoms with E-state index in [4.69, 9.17) is 17.0 Å². The van der Waals surface area contributed by atoms with Crippen LogP contribution in [-0.2, 0) is 23.9 Å². The number of aryl methyl sites for hydroxylation is 2. The number of hydrazine groups is 1. The number of benzene rings is 1. The predicted octanol–water partition coefficient (Wildman–Crippen LogP) is 1.39. The Morgan fingerprint density at radius 2 is 1.55 bits per heavy atom. The van der Waals surface area contributed by atoms with Crippen LogP contribution in [0.1, 0.15) is 43.7 Å². The third-order valence-corrected chi connectivity index (χ3v) is 4.00. The van der Waals surface area contributed by atoms with Crippen LogP contribution < -0.4 is 21.5 Å². The fourth-order valence-electron chi connectivity index (χ4n) is 2.13. The second-order valence-electron chi connectivity index (χ2n) is 6.20. The van der Waals surface area contributed by atoms with E-state index in [1.54, 1.807) is 13.0 Å². The van der Waals surface area contributed by atoms with Crippen LogP contribution in [-0.4, -0.2) is 35.4 Å². The molecule has 9 nitrogen and oxygen atoms in total. The zero-order valence-electron chi connectivity index (χ0n) is 16.7. The van der Waals surface area contributed by atoms with Crippen LogP contribution in [0.4, 0.5) is 5.69 Å². The van der Waals surface area contributed by atoms with Crippen LogP contribution in [0.15, 0.2) is 18.2 Å². The summed E-state index contributed by atoms with van der Waals surface area (Å²) in [5.41, 5.74) is 7.51. The second kappa shape index (κ2) is 12.4. The van der Waals surface area contributed by atoms with E-state index in [0.29, 0.717) is 5.69 Å². The van der Waals surface area contributed by atoms with Gasteiger partial charge in [-0.05, 0) is 56.2 Å². The van der Waals surface area contributed by atoms with Crippen molar-refractivity contribution in [1.82, 2.24) is 16.2 Å². The molecule has 0 saturated heterocycles. The van der Waals surface area contributed by atoms with Gasteiger partial charge in [0, 0.05) is 24.9 Å². The van der Waals surface area contributed by atoms with Crippen molar-refractivity contribution in [3.63, 3.8) is 0 Å². The van der Waals surface area contributed by atoms with E-state index >= 15 is 0 Å². The first-order valence-corrected chi connectivity index (χ1v) is 9.53. The maximum absolute atomic E-state index is 11.9. The van der Waals surface area contributed by atoms with Gasteiger partial charge in [-0.1, -0.05) is 6.07 Å². The van der Waals surface area contributed by atoms with E-state index < -0.39 is 17.8 Å². The van der Waals surface area contributed by atoms with Gasteiger partial charge in [0.1, 0.15) is 0 Å². The average molecular weight is 423 g/mol. The van der Waals surface area contributed by atoms with Gasteiger partial charge in [0.2, 0.25) is 17.7 Å². The molecule has 0 bridgehead atoms. The first-order chi connectivity index (χ1) is 13.7. The van der Waals surface area contributed by atoms with Gasteiger partial charge < -0.3 is 15.4 Å². The maximum atomic E-state index is 11.9. The molecule has 0 atom stereocenters. The van der Waals surface area contributed by atoms with Crippen molar-refractivity contribution in [3.05, 3.63) is 29.3 Å². The van der Waals surface area contributed by atoms with Gasteiger partial charge in [0.05, 0.1) is 13.0 Å². The number of carbonyl (C=O) groups is 4. The third kappa shape index (κ3) is 10.2. The number of carbonyl (C=O) groups excluding carboxylic acids is 4. The Labute approximate surface area is 174 Å². The highest BCUT2D eigenvalue weighted by molar-refractivity contribution is 7.80. The smallest absolute Gasteiger partial charge is 0.306 e. The van der Waals surface area contributed by atoms with Gasteiger partial charge in [-0.25, -0.2) is 0 Å². The van der Waals surface area contributed by atoms with Gasteiger partial charge in [0.25, 0.3) is 0 Å². The minimum Gasteiger partial charge on any atom is -0.466 e. The monoisotopic (exact) mass is 422 g/mol. The van der Waals surface area contributed by atoms with Crippen molar-refractivity contribution >= 4 is 46.7 Å². The number of anilines is 1. The molecule has 4 N–H and O–H groups in total. The molecule has 1 aromatic rings. The zero-order valence-corrected chi connectivity index (χ0v) is 17.5. The summed E-state index contributed by atoms with van der Waals surface area (Å²) in [6.45, 7) is 5.84. The minimum atomic E-state index is -0.488. The van der Waals surface area contributed by atoms with Gasteiger partial charge in [-0.15, -0.1) is 0 Å². The maximum Gasteiger partial charge on any atom is 0.306 e. The van der Waals surface area contributed by atoms with Gasteiger partial charge >= 0.3 is 5.97 Å². The molecular weight excluding hydrogens is 396 g/mol. The summed E-state index contributed by atoms with van der Waals surface area (Å²) in [5, 5.41) is 4.93. The lowest BCUT2D eigenvalue weighted by molar-refractivity contribution is -0.144. The van der Waals surface area contributed by atoms with E-state index in [0.717, 1.165) is 11.1 Å². The van der Waals surface area contributed by atoms with Crippen molar-refractivity contribution in [2.24, 2.45) is 0 Å². The molecule has 0 heterocycles. The molecule has 1 rings (SSSR count). The van der Waals surface area contributed by atoms with Gasteiger partial charge in [-0.3, -0.25) is 30.0 Å². The molecule has 0 aromatic heterocycles. The van der Waals surface area contributed by atoms with E-state index in [-0.39, 0.29) is 43.3 Å². The van der Waals surface area contributed by atoms with Crippen LogP contribution >= 0.6 is 12.2 Å². The molecule has 0 unspecified atom stereocenters. The van der Waals surface area contributed by atoms with Crippen LogP contribution in [0.25, 0.3) is 0 Å². The van der Waals surface area contributed by atoms with E-state index in [1.807, 2.05) is 26.0 Å². The highest BCUT2D eigenvalue weighted by Gasteiger charge is 2.11. The Kier molecular flexibility index (Phi) is 10.3. The number of rotatable bonds is 8. The molecule has 1 aromatic carbocycles. The zero-order chi connectivity index (χ0) is 21.8. The summed E-state index contributed by atoms with van der Waals surface area (Å²) in [6, 6.07) is 5.56. The topological polar surface area (TPSA) is 126 Å². The fourth-order valence-corrected chi connectivity index (χ4v) is 2.29. The number of nitrogens with one attached hydrogen (secondary N) is 4. The molecule has 158 valence electrons. The Balaban J connectivity index is 2.24. The number of hydrogen-bond acceptors (Lipinski definition) is 6. The van der Waals surface area contributed by atoms with Crippen molar-refractivity contribution in [2.45, 2.75) is 46.5 Å². The lowest BCUT2D eigenvalue weighted by Crippen LogP contribution is -2.48. The minimum absolute atomic E-state index is 0.0148. The highest BCUT2D eigenvalue weighted by Crippen LogP contribution is 2.14. The molecule has 3 amide bonds. The van der Waals surface area contributed by atoms with Crippen LogP contribution in [0.3, 0.4) is 0 Å². The quantitative estimate of drug-likeness (QED) is 0.283. The SMILES string of the molecule is CCOC(=O)CCC(=O)NC(=S)NNC(=O)CCC(=O)Nc1ccc(C)c(C)c1. The molecule has 0 fully saturated rings. The lowest BCUT2D eigenvalue weighted by Gasteiger charge is -2.11. The summed E-state index contributed by atoms with van der Waals surface area (Å²) < 4.78 is 4.71. The number of ether oxygens (including phenoxy) is 1. The standard InChI is InChI=1S/C19H26N4O5S/c1-4-28-18(27)10-9-16(25)21-19(29)23-22-17(26)8-7-15(24)20-14-6-5-12(2)13(3)11-14/h5-6,11H,4,7-10H2,1-3H3,(H,20,24)(H,22,26)(H2,21,23,25,29). The summed E-state index contributed by atoms with van der Waals surface area (Å²) >= 11 is 4.87. The molecule has 0 aliphatic heterocycles. The number of thiocarbonyl (C=S) groups is 1. The lowest BCUT2D eigenvalue weighted by atomic mass is 10.1. The van der Waals surface area contributed by atoms with Crippen molar-refractivity contribution in [2.75, 3.05) is 11.9 Å². The van der Waals surface area contributed by atoms with Crippen molar-refractivity contribution < 1.29 is 23.9 Å². The molecule has 0 saturated carbocycles. The number of esters is 1. The Hall–Kier alpha value is -3.01. The summed E-state index contributed by atoms with van der Waals surface area (Å²) in [7, 11) is 0. The molecule has 0 aliphatic carbocycles. The predicted molar refractivity (Wildman–Crippen MR) is 112 cm³/mol. The first-order valence-electron chi connectivity index (χ1n) is 9.12. The molecular formula is C19H26N4O5S. The Morgan fingerprint density at radius 3 is 2.21 bits per heavy atom.